The summed E-state index contributed by atoms with van der Waals surface area (Å²) < 4.78 is 0. The number of rotatable bonds is 2. The molecule has 3 aromatic rings. The van der Waals surface area contributed by atoms with E-state index in [0.29, 0.717) is 6.54 Å². The maximum Gasteiger partial charge on any atom is 0.254 e. The fraction of sp³-hybridized carbons (Fsp3) is 0.300. The molecular formula is C20H20N4O. The quantitative estimate of drug-likeness (QED) is 0.722. The minimum Gasteiger partial charge on any atom is -0.338 e. The zero-order valence-corrected chi connectivity index (χ0v) is 14.2. The van der Waals surface area contributed by atoms with Crippen molar-refractivity contribution in [2.24, 2.45) is 0 Å². The molecular weight excluding hydrogens is 312 g/mol. The van der Waals surface area contributed by atoms with Crippen LogP contribution in [0.4, 0.5) is 0 Å². The first-order valence-corrected chi connectivity index (χ1v) is 8.65. The third kappa shape index (κ3) is 3.09. The maximum absolute atomic E-state index is 13.1. The first-order valence-electron chi connectivity index (χ1n) is 8.65. The molecule has 2 aromatic heterocycles. The first kappa shape index (κ1) is 15.7. The predicted molar refractivity (Wildman–Crippen MR) is 96.4 cm³/mol. The number of hydrogen-bond donors (Lipinski definition) is 0. The highest BCUT2D eigenvalue weighted by Gasteiger charge is 2.27. The van der Waals surface area contributed by atoms with E-state index >= 15 is 0 Å². The van der Waals surface area contributed by atoms with E-state index in [2.05, 4.69) is 15.0 Å². The third-order valence-corrected chi connectivity index (χ3v) is 4.80. The SMILES string of the molecule is Cc1nccc([C@@H]2CCCN(C(=O)c3cccc4ncccc34)C2)n1. The van der Waals surface area contributed by atoms with Gasteiger partial charge in [0.2, 0.25) is 0 Å². The highest BCUT2D eigenvalue weighted by atomic mass is 16.2. The van der Waals surface area contributed by atoms with Gasteiger partial charge < -0.3 is 4.90 Å². The van der Waals surface area contributed by atoms with Gasteiger partial charge in [-0.1, -0.05) is 12.1 Å². The summed E-state index contributed by atoms with van der Waals surface area (Å²) in [6.45, 7) is 3.39. The lowest BCUT2D eigenvalue weighted by Crippen LogP contribution is -2.39. The van der Waals surface area contributed by atoms with Gasteiger partial charge in [0.15, 0.2) is 0 Å². The summed E-state index contributed by atoms with van der Waals surface area (Å²) in [5.74, 6) is 1.13. The van der Waals surface area contributed by atoms with Crippen LogP contribution < -0.4 is 0 Å². The molecule has 0 bridgehead atoms. The van der Waals surface area contributed by atoms with Gasteiger partial charge >= 0.3 is 0 Å². The van der Waals surface area contributed by atoms with Gasteiger partial charge in [0.1, 0.15) is 5.82 Å². The molecule has 5 nitrogen and oxygen atoms in total. The molecule has 0 unspecified atom stereocenters. The number of carbonyl (C=O) groups is 1. The van der Waals surface area contributed by atoms with E-state index < -0.39 is 0 Å². The molecule has 1 fully saturated rings. The van der Waals surface area contributed by atoms with Crippen molar-refractivity contribution in [2.75, 3.05) is 13.1 Å². The molecule has 1 aromatic carbocycles. The average molecular weight is 332 g/mol. The number of piperidine rings is 1. The van der Waals surface area contributed by atoms with E-state index in [4.69, 9.17) is 0 Å². The number of benzene rings is 1. The lowest BCUT2D eigenvalue weighted by Gasteiger charge is -2.32. The highest BCUT2D eigenvalue weighted by Crippen LogP contribution is 2.27. The van der Waals surface area contributed by atoms with Crippen LogP contribution in [0.1, 0.15) is 40.6 Å². The van der Waals surface area contributed by atoms with Crippen LogP contribution in [-0.2, 0) is 0 Å². The number of aryl methyl sites for hydroxylation is 1. The van der Waals surface area contributed by atoms with Gasteiger partial charge in [0, 0.05) is 48.0 Å². The number of pyridine rings is 1. The second kappa shape index (κ2) is 6.59. The summed E-state index contributed by atoms with van der Waals surface area (Å²) in [5.41, 5.74) is 2.61. The molecule has 1 amide bonds. The van der Waals surface area contributed by atoms with Crippen LogP contribution in [-0.4, -0.2) is 38.8 Å². The van der Waals surface area contributed by atoms with E-state index in [1.807, 2.05) is 48.2 Å². The van der Waals surface area contributed by atoms with Gasteiger partial charge in [-0.25, -0.2) is 9.97 Å². The normalized spacial score (nSPS) is 17.6. The number of hydrogen-bond acceptors (Lipinski definition) is 4. The molecule has 126 valence electrons. The molecule has 0 spiro atoms. The summed E-state index contributed by atoms with van der Waals surface area (Å²) in [7, 11) is 0. The van der Waals surface area contributed by atoms with Gasteiger partial charge in [-0.2, -0.15) is 0 Å². The van der Waals surface area contributed by atoms with Crippen molar-refractivity contribution in [1.29, 1.82) is 0 Å². The van der Waals surface area contributed by atoms with Crippen molar-refractivity contribution in [3.05, 3.63) is 65.9 Å². The predicted octanol–water partition coefficient (Wildman–Crippen LogP) is 3.35. The largest absolute Gasteiger partial charge is 0.338 e. The molecule has 1 aliphatic rings. The van der Waals surface area contributed by atoms with E-state index in [1.54, 1.807) is 12.4 Å². The second-order valence-electron chi connectivity index (χ2n) is 6.49. The van der Waals surface area contributed by atoms with Crippen molar-refractivity contribution in [2.45, 2.75) is 25.7 Å². The van der Waals surface area contributed by atoms with Crippen LogP contribution in [0.25, 0.3) is 10.9 Å². The number of carbonyl (C=O) groups excluding carboxylic acids is 1. The summed E-state index contributed by atoms with van der Waals surface area (Å²) in [5, 5.41) is 0.912. The van der Waals surface area contributed by atoms with Crippen LogP contribution in [0.2, 0.25) is 0 Å². The number of fused-ring (bicyclic) bond motifs is 1. The first-order chi connectivity index (χ1) is 12.2. The molecule has 0 saturated carbocycles. The van der Waals surface area contributed by atoms with Crippen molar-refractivity contribution >= 4 is 16.8 Å². The van der Waals surface area contributed by atoms with Gasteiger partial charge in [0.25, 0.3) is 5.91 Å². The van der Waals surface area contributed by atoms with E-state index in [-0.39, 0.29) is 11.8 Å². The number of amides is 1. The summed E-state index contributed by atoms with van der Waals surface area (Å²) in [6, 6.07) is 11.5. The smallest absolute Gasteiger partial charge is 0.254 e. The Hall–Kier alpha value is -2.82. The van der Waals surface area contributed by atoms with Gasteiger partial charge in [-0.3, -0.25) is 9.78 Å². The van der Waals surface area contributed by atoms with Crippen LogP contribution in [0.5, 0.6) is 0 Å². The molecule has 5 heteroatoms. The summed E-state index contributed by atoms with van der Waals surface area (Å²) in [4.78, 5) is 28.2. The van der Waals surface area contributed by atoms with Crippen molar-refractivity contribution in [3.63, 3.8) is 0 Å². The Bertz CT molecular complexity index is 919. The van der Waals surface area contributed by atoms with Crippen molar-refractivity contribution < 1.29 is 4.79 Å². The van der Waals surface area contributed by atoms with Crippen LogP contribution >= 0.6 is 0 Å². The van der Waals surface area contributed by atoms with Crippen LogP contribution in [0, 0.1) is 6.92 Å². The second-order valence-corrected chi connectivity index (χ2v) is 6.49. The maximum atomic E-state index is 13.1. The lowest BCUT2D eigenvalue weighted by atomic mass is 9.93. The monoisotopic (exact) mass is 332 g/mol. The Labute approximate surface area is 146 Å². The Morgan fingerprint density at radius 2 is 2.04 bits per heavy atom. The van der Waals surface area contributed by atoms with Crippen LogP contribution in [0.15, 0.2) is 48.8 Å². The lowest BCUT2D eigenvalue weighted by molar-refractivity contribution is 0.0708. The zero-order valence-electron chi connectivity index (χ0n) is 14.2. The van der Waals surface area contributed by atoms with Gasteiger partial charge in [-0.15, -0.1) is 0 Å². The average Bonchev–Trinajstić information content (AvgIpc) is 2.67. The van der Waals surface area contributed by atoms with Crippen LogP contribution in [0.3, 0.4) is 0 Å². The van der Waals surface area contributed by atoms with Crippen molar-refractivity contribution in [3.8, 4) is 0 Å². The Morgan fingerprint density at radius 3 is 2.92 bits per heavy atom. The Morgan fingerprint density at radius 1 is 1.12 bits per heavy atom. The standard InChI is InChI=1S/C20H20N4O/c1-14-21-11-9-18(23-14)15-5-4-12-24(13-15)20(25)17-6-2-8-19-16(17)7-3-10-22-19/h2-3,6-11,15H,4-5,12-13H2,1H3/t15-/m1/s1. The molecule has 0 aliphatic carbocycles. The fourth-order valence-electron chi connectivity index (χ4n) is 3.57. The number of likely N-dealkylation sites (tertiary alicyclic amines) is 1. The van der Waals surface area contributed by atoms with Crippen molar-refractivity contribution in [1.82, 2.24) is 19.9 Å². The zero-order chi connectivity index (χ0) is 17.2. The molecule has 4 rings (SSSR count). The number of aromatic nitrogens is 3. The van der Waals surface area contributed by atoms with E-state index in [9.17, 15) is 4.79 Å². The third-order valence-electron chi connectivity index (χ3n) is 4.80. The van der Waals surface area contributed by atoms with Gasteiger partial charge in [0.05, 0.1) is 5.52 Å². The minimum atomic E-state index is 0.0779. The molecule has 3 heterocycles. The van der Waals surface area contributed by atoms with E-state index in [1.165, 1.54) is 0 Å². The highest BCUT2D eigenvalue weighted by molar-refractivity contribution is 6.06. The molecule has 0 N–H and O–H groups in total. The topological polar surface area (TPSA) is 59.0 Å². The molecule has 0 radical (unpaired) electrons. The molecule has 1 aliphatic heterocycles. The Balaban J connectivity index is 1.61. The summed E-state index contributed by atoms with van der Waals surface area (Å²) >= 11 is 0. The molecule has 25 heavy (non-hydrogen) atoms. The number of nitrogens with zero attached hydrogens (tertiary/aromatic N) is 4. The summed E-state index contributed by atoms with van der Waals surface area (Å²) in [6.07, 6.45) is 5.60. The molecule has 1 saturated heterocycles. The Kier molecular flexibility index (Phi) is 4.14. The fourth-order valence-corrected chi connectivity index (χ4v) is 3.57. The minimum absolute atomic E-state index is 0.0779. The van der Waals surface area contributed by atoms with Gasteiger partial charge in [-0.05, 0) is 44.0 Å². The van der Waals surface area contributed by atoms with E-state index in [0.717, 1.165) is 47.4 Å². The molecule has 1 atom stereocenters.